The van der Waals surface area contributed by atoms with Gasteiger partial charge in [-0.05, 0) is 36.6 Å². The highest BCUT2D eigenvalue weighted by Crippen LogP contribution is 2.41. The number of hydrogen-bond donors (Lipinski definition) is 1. The normalized spacial score (nSPS) is 37.1. The molecule has 2 rings (SSSR count). The fourth-order valence-electron chi connectivity index (χ4n) is 2.96. The van der Waals surface area contributed by atoms with E-state index in [1.807, 2.05) is 0 Å². The van der Waals surface area contributed by atoms with Gasteiger partial charge < -0.3 is 10.6 Å². The minimum atomic E-state index is 0.504. The number of nitrogens with two attached hydrogens (primary N) is 1. The molecule has 82 valence electrons. The Morgan fingerprint density at radius 1 is 1.21 bits per heavy atom. The van der Waals surface area contributed by atoms with Crippen molar-refractivity contribution in [2.75, 3.05) is 26.2 Å². The Balaban J connectivity index is 1.86. The highest BCUT2D eigenvalue weighted by molar-refractivity contribution is 4.93. The molecular weight excluding hydrogens is 172 g/mol. The van der Waals surface area contributed by atoms with Crippen molar-refractivity contribution in [2.45, 2.75) is 33.1 Å². The number of rotatable bonds is 3. The van der Waals surface area contributed by atoms with Gasteiger partial charge in [0, 0.05) is 19.6 Å². The van der Waals surface area contributed by atoms with Crippen LogP contribution in [0.25, 0.3) is 0 Å². The van der Waals surface area contributed by atoms with Gasteiger partial charge in [0.1, 0.15) is 0 Å². The molecule has 2 heteroatoms. The second kappa shape index (κ2) is 3.82. The summed E-state index contributed by atoms with van der Waals surface area (Å²) in [5.41, 5.74) is 6.39. The largest absolute Gasteiger partial charge is 0.330 e. The summed E-state index contributed by atoms with van der Waals surface area (Å²) >= 11 is 0. The van der Waals surface area contributed by atoms with Crippen LogP contribution in [0, 0.1) is 17.3 Å². The van der Waals surface area contributed by atoms with Crippen molar-refractivity contribution in [1.82, 2.24) is 4.90 Å². The molecule has 14 heavy (non-hydrogen) atoms. The van der Waals surface area contributed by atoms with Crippen LogP contribution in [0.15, 0.2) is 0 Å². The van der Waals surface area contributed by atoms with Crippen molar-refractivity contribution < 1.29 is 0 Å². The van der Waals surface area contributed by atoms with Crippen molar-refractivity contribution in [1.29, 1.82) is 0 Å². The van der Waals surface area contributed by atoms with Gasteiger partial charge in [0.05, 0.1) is 0 Å². The van der Waals surface area contributed by atoms with E-state index in [-0.39, 0.29) is 0 Å². The molecule has 0 aromatic rings. The molecule has 0 aromatic carbocycles. The molecule has 2 N–H and O–H groups in total. The molecule has 0 radical (unpaired) electrons. The monoisotopic (exact) mass is 196 g/mol. The topological polar surface area (TPSA) is 29.3 Å². The summed E-state index contributed by atoms with van der Waals surface area (Å²) in [5, 5.41) is 0. The van der Waals surface area contributed by atoms with Gasteiger partial charge in [-0.1, -0.05) is 20.3 Å². The zero-order valence-electron chi connectivity index (χ0n) is 9.63. The lowest BCUT2D eigenvalue weighted by atomic mass is 9.68. The summed E-state index contributed by atoms with van der Waals surface area (Å²) in [4.78, 5) is 2.64. The van der Waals surface area contributed by atoms with Gasteiger partial charge in [0.2, 0.25) is 0 Å². The smallest absolute Gasteiger partial charge is 0.00503 e. The lowest BCUT2D eigenvalue weighted by Crippen LogP contribution is -2.46. The molecule has 0 aromatic heterocycles. The molecule has 1 saturated carbocycles. The van der Waals surface area contributed by atoms with Crippen LogP contribution in [0.4, 0.5) is 0 Å². The minimum absolute atomic E-state index is 0.504. The average molecular weight is 196 g/mol. The molecule has 2 fully saturated rings. The van der Waals surface area contributed by atoms with E-state index < -0.39 is 0 Å². The van der Waals surface area contributed by atoms with Gasteiger partial charge in [-0.15, -0.1) is 0 Å². The Morgan fingerprint density at radius 3 is 2.14 bits per heavy atom. The van der Waals surface area contributed by atoms with E-state index in [1.165, 1.54) is 38.9 Å². The van der Waals surface area contributed by atoms with Crippen LogP contribution in [0.3, 0.4) is 0 Å². The van der Waals surface area contributed by atoms with Crippen LogP contribution in [0.2, 0.25) is 0 Å². The molecule has 2 atom stereocenters. The molecule has 2 nitrogen and oxygen atoms in total. The fourth-order valence-corrected chi connectivity index (χ4v) is 2.96. The van der Waals surface area contributed by atoms with E-state index in [1.54, 1.807) is 0 Å². The molecule has 2 aliphatic rings. The van der Waals surface area contributed by atoms with E-state index in [2.05, 4.69) is 18.7 Å². The SMILES string of the molecule is CC1CN(CC2(CN)CCC2)CC1C. The molecular formula is C12H24N2. The van der Waals surface area contributed by atoms with Gasteiger partial charge in [-0.3, -0.25) is 0 Å². The molecule has 1 heterocycles. The lowest BCUT2D eigenvalue weighted by molar-refractivity contribution is 0.0844. The maximum atomic E-state index is 5.89. The van der Waals surface area contributed by atoms with E-state index >= 15 is 0 Å². The molecule has 0 spiro atoms. The fraction of sp³-hybridized carbons (Fsp3) is 1.00. The first-order valence-corrected chi connectivity index (χ1v) is 6.08. The van der Waals surface area contributed by atoms with Crippen LogP contribution in [0.1, 0.15) is 33.1 Å². The average Bonchev–Trinajstić information content (AvgIpc) is 2.39. The maximum absolute atomic E-state index is 5.89. The summed E-state index contributed by atoms with van der Waals surface area (Å²) < 4.78 is 0. The quantitative estimate of drug-likeness (QED) is 0.744. The predicted octanol–water partition coefficient (Wildman–Crippen LogP) is 1.70. The van der Waals surface area contributed by atoms with E-state index in [9.17, 15) is 0 Å². The van der Waals surface area contributed by atoms with Crippen LogP contribution < -0.4 is 5.73 Å². The zero-order chi connectivity index (χ0) is 10.2. The Hall–Kier alpha value is -0.0800. The molecule has 0 amide bonds. The third kappa shape index (κ3) is 1.82. The molecule has 1 aliphatic heterocycles. The van der Waals surface area contributed by atoms with Crippen LogP contribution in [0.5, 0.6) is 0 Å². The zero-order valence-corrected chi connectivity index (χ0v) is 9.63. The molecule has 1 aliphatic carbocycles. The number of likely N-dealkylation sites (tertiary alicyclic amines) is 1. The summed E-state index contributed by atoms with van der Waals surface area (Å²) in [6.45, 7) is 9.50. The Labute approximate surface area is 87.8 Å². The van der Waals surface area contributed by atoms with E-state index in [0.717, 1.165) is 18.4 Å². The first kappa shape index (κ1) is 10.4. The first-order chi connectivity index (χ1) is 6.65. The number of nitrogens with zero attached hydrogens (tertiary/aromatic N) is 1. The van der Waals surface area contributed by atoms with E-state index in [0.29, 0.717) is 5.41 Å². The highest BCUT2D eigenvalue weighted by atomic mass is 15.2. The van der Waals surface area contributed by atoms with Crippen LogP contribution in [-0.4, -0.2) is 31.1 Å². The van der Waals surface area contributed by atoms with Crippen molar-refractivity contribution in [3.8, 4) is 0 Å². The standard InChI is InChI=1S/C12H24N2/c1-10-6-14(7-11(10)2)9-12(8-13)4-3-5-12/h10-11H,3-9,13H2,1-2H3. The predicted molar refractivity (Wildman–Crippen MR) is 60.1 cm³/mol. The van der Waals surface area contributed by atoms with Gasteiger partial charge in [0.15, 0.2) is 0 Å². The van der Waals surface area contributed by atoms with Crippen molar-refractivity contribution in [3.05, 3.63) is 0 Å². The second-order valence-electron chi connectivity index (χ2n) is 5.71. The third-order valence-corrected chi connectivity index (χ3v) is 4.47. The summed E-state index contributed by atoms with van der Waals surface area (Å²) in [7, 11) is 0. The molecule has 0 bridgehead atoms. The van der Waals surface area contributed by atoms with Crippen molar-refractivity contribution in [2.24, 2.45) is 23.0 Å². The van der Waals surface area contributed by atoms with Gasteiger partial charge in [-0.2, -0.15) is 0 Å². The summed E-state index contributed by atoms with van der Waals surface area (Å²) in [6.07, 6.45) is 4.13. The van der Waals surface area contributed by atoms with Gasteiger partial charge in [-0.25, -0.2) is 0 Å². The second-order valence-corrected chi connectivity index (χ2v) is 5.71. The van der Waals surface area contributed by atoms with Gasteiger partial charge in [0.25, 0.3) is 0 Å². The minimum Gasteiger partial charge on any atom is -0.330 e. The highest BCUT2D eigenvalue weighted by Gasteiger charge is 2.39. The summed E-state index contributed by atoms with van der Waals surface area (Å²) in [6, 6.07) is 0. The number of hydrogen-bond acceptors (Lipinski definition) is 2. The van der Waals surface area contributed by atoms with Gasteiger partial charge >= 0.3 is 0 Å². The maximum Gasteiger partial charge on any atom is 0.00503 e. The Bertz CT molecular complexity index is 183. The van der Waals surface area contributed by atoms with Crippen molar-refractivity contribution >= 4 is 0 Å². The molecule has 2 unspecified atom stereocenters. The Morgan fingerprint density at radius 2 is 1.79 bits per heavy atom. The van der Waals surface area contributed by atoms with E-state index in [4.69, 9.17) is 5.73 Å². The van der Waals surface area contributed by atoms with Crippen molar-refractivity contribution in [3.63, 3.8) is 0 Å². The summed E-state index contributed by atoms with van der Waals surface area (Å²) in [5.74, 6) is 1.76. The molecule has 1 saturated heterocycles. The van der Waals surface area contributed by atoms with Crippen LogP contribution >= 0.6 is 0 Å². The third-order valence-electron chi connectivity index (χ3n) is 4.47. The first-order valence-electron chi connectivity index (χ1n) is 6.08. The van der Waals surface area contributed by atoms with Crippen LogP contribution in [-0.2, 0) is 0 Å². The lowest BCUT2D eigenvalue weighted by Gasteiger charge is -2.43. The Kier molecular flexibility index (Phi) is 2.85.